The summed E-state index contributed by atoms with van der Waals surface area (Å²) in [6, 6.07) is 12.6. The summed E-state index contributed by atoms with van der Waals surface area (Å²) in [5, 5.41) is 11.5. The number of pyridine rings is 2. The molecule has 7 heteroatoms. The van der Waals surface area contributed by atoms with Gasteiger partial charge in [0.1, 0.15) is 11.1 Å². The van der Waals surface area contributed by atoms with E-state index in [1.807, 2.05) is 44.2 Å². The quantitative estimate of drug-likeness (QED) is 0.527. The fourth-order valence-electron chi connectivity index (χ4n) is 3.29. The van der Waals surface area contributed by atoms with E-state index in [0.717, 1.165) is 11.1 Å². The molecule has 0 aliphatic rings. The Morgan fingerprint density at radius 3 is 2.50 bits per heavy atom. The second-order valence-electron chi connectivity index (χ2n) is 6.70. The van der Waals surface area contributed by atoms with E-state index in [-0.39, 0.29) is 22.0 Å². The average Bonchev–Trinajstić information content (AvgIpc) is 2.69. The van der Waals surface area contributed by atoms with Crippen LogP contribution >= 0.6 is 0 Å². The number of hydrogen-bond donors (Lipinski definition) is 2. The van der Waals surface area contributed by atoms with Crippen molar-refractivity contribution in [3.8, 4) is 5.69 Å². The van der Waals surface area contributed by atoms with Crippen LogP contribution in [0.25, 0.3) is 22.4 Å². The lowest BCUT2D eigenvalue weighted by Gasteiger charge is -2.15. The predicted octanol–water partition coefficient (Wildman–Crippen LogP) is 2.09. The maximum atomic E-state index is 13.2. The van der Waals surface area contributed by atoms with Crippen molar-refractivity contribution < 1.29 is 4.79 Å². The Bertz CT molecular complexity index is 1360. The highest BCUT2D eigenvalue weighted by molar-refractivity contribution is 5.97. The molecule has 0 radical (unpaired) electrons. The average molecular weight is 373 g/mol. The normalized spacial score (nSPS) is 11.1. The van der Waals surface area contributed by atoms with E-state index >= 15 is 0 Å². The van der Waals surface area contributed by atoms with Gasteiger partial charge in [0.2, 0.25) is 0 Å². The first kappa shape index (κ1) is 17.7. The number of carbonyl (C=O) groups is 1. The molecule has 1 amide bonds. The molecule has 7 nitrogen and oxygen atoms in total. The Kier molecular flexibility index (Phi) is 4.07. The Labute approximate surface area is 160 Å². The van der Waals surface area contributed by atoms with Crippen LogP contribution in [0, 0.1) is 19.3 Å². The molecule has 3 aromatic heterocycles. The number of carbonyl (C=O) groups excluding carboxylic acids is 1. The number of aromatic nitrogens is 3. The number of amides is 1. The summed E-state index contributed by atoms with van der Waals surface area (Å²) in [5.41, 5.74) is 3.25. The van der Waals surface area contributed by atoms with Crippen molar-refractivity contribution in [2.75, 3.05) is 7.05 Å². The summed E-state index contributed by atoms with van der Waals surface area (Å²) in [5.74, 6) is -0.429. The lowest BCUT2D eigenvalue weighted by Crippen LogP contribution is -2.33. The zero-order valence-electron chi connectivity index (χ0n) is 15.8. The van der Waals surface area contributed by atoms with Crippen molar-refractivity contribution >= 4 is 22.6 Å². The number of benzene rings is 1. The fraction of sp³-hybridized carbons (Fsp3) is 0.143. The third-order valence-corrected chi connectivity index (χ3v) is 4.81. The standard InChI is InChI=1S/C21H19N5O2/c1-12-6-8-14(9-7-12)26-17(22)15(20(27)23-3)11-16-19(26)24-18-13(2)5-4-10-25(18)21(16)28/h4-11,22H,1-3H3,(H,23,27). The lowest BCUT2D eigenvalue weighted by atomic mass is 10.1. The number of rotatable bonds is 2. The number of nitrogens with one attached hydrogen (secondary N) is 2. The van der Waals surface area contributed by atoms with Gasteiger partial charge < -0.3 is 5.32 Å². The van der Waals surface area contributed by atoms with Gasteiger partial charge in [-0.25, -0.2) is 4.98 Å². The monoisotopic (exact) mass is 373 g/mol. The molecule has 28 heavy (non-hydrogen) atoms. The number of fused-ring (bicyclic) bond motifs is 2. The number of nitrogens with zero attached hydrogens (tertiary/aromatic N) is 3. The Balaban J connectivity index is 2.25. The zero-order valence-corrected chi connectivity index (χ0v) is 15.8. The van der Waals surface area contributed by atoms with E-state index in [2.05, 4.69) is 5.32 Å². The Morgan fingerprint density at radius 2 is 1.82 bits per heavy atom. The predicted molar refractivity (Wildman–Crippen MR) is 107 cm³/mol. The second-order valence-corrected chi connectivity index (χ2v) is 6.70. The van der Waals surface area contributed by atoms with E-state index in [9.17, 15) is 9.59 Å². The topological polar surface area (TPSA) is 92.2 Å². The molecule has 0 atom stereocenters. The van der Waals surface area contributed by atoms with Gasteiger partial charge in [-0.2, -0.15) is 0 Å². The summed E-state index contributed by atoms with van der Waals surface area (Å²) in [6.07, 6.45) is 1.65. The minimum atomic E-state index is -0.429. The largest absolute Gasteiger partial charge is 0.355 e. The molecule has 0 saturated carbocycles. The van der Waals surface area contributed by atoms with Gasteiger partial charge in [-0.05, 0) is 43.7 Å². The van der Waals surface area contributed by atoms with Gasteiger partial charge in [-0.1, -0.05) is 23.8 Å². The maximum absolute atomic E-state index is 13.2. The van der Waals surface area contributed by atoms with Crippen molar-refractivity contribution in [2.45, 2.75) is 13.8 Å². The summed E-state index contributed by atoms with van der Waals surface area (Å²) in [7, 11) is 1.50. The molecule has 2 N–H and O–H groups in total. The lowest BCUT2D eigenvalue weighted by molar-refractivity contribution is 0.0961. The minimum Gasteiger partial charge on any atom is -0.355 e. The van der Waals surface area contributed by atoms with Crippen molar-refractivity contribution in [2.24, 2.45) is 0 Å². The highest BCUT2D eigenvalue weighted by atomic mass is 16.1. The second kappa shape index (κ2) is 6.45. The van der Waals surface area contributed by atoms with E-state index in [1.165, 1.54) is 17.5 Å². The third kappa shape index (κ3) is 2.60. The van der Waals surface area contributed by atoms with Crippen LogP contribution in [0.3, 0.4) is 0 Å². The molecule has 0 aliphatic carbocycles. The van der Waals surface area contributed by atoms with E-state index in [4.69, 9.17) is 10.4 Å². The first-order valence-electron chi connectivity index (χ1n) is 8.84. The SMILES string of the molecule is CNC(=O)c1cc2c(=O)n3cccc(C)c3nc2n(-c2ccc(C)cc2)c1=N. The molecular weight excluding hydrogens is 354 g/mol. The summed E-state index contributed by atoms with van der Waals surface area (Å²) < 4.78 is 3.02. The summed E-state index contributed by atoms with van der Waals surface area (Å²) in [6.45, 7) is 3.85. The molecule has 1 aromatic carbocycles. The van der Waals surface area contributed by atoms with E-state index < -0.39 is 5.91 Å². The minimum absolute atomic E-state index is 0.0273. The number of aryl methyl sites for hydroxylation is 2. The van der Waals surface area contributed by atoms with Crippen molar-refractivity contribution in [3.63, 3.8) is 0 Å². The van der Waals surface area contributed by atoms with E-state index in [0.29, 0.717) is 17.0 Å². The Hall–Kier alpha value is -3.74. The van der Waals surface area contributed by atoms with Gasteiger partial charge in [0.25, 0.3) is 11.5 Å². The van der Waals surface area contributed by atoms with Crippen molar-refractivity contribution in [3.05, 3.63) is 81.2 Å². The third-order valence-electron chi connectivity index (χ3n) is 4.81. The highest BCUT2D eigenvalue weighted by Gasteiger charge is 2.18. The van der Waals surface area contributed by atoms with Gasteiger partial charge in [0, 0.05) is 18.9 Å². The number of hydrogen-bond acceptors (Lipinski definition) is 4. The molecule has 0 aliphatic heterocycles. The highest BCUT2D eigenvalue weighted by Crippen LogP contribution is 2.17. The smallest absolute Gasteiger partial charge is 0.267 e. The Morgan fingerprint density at radius 1 is 1.11 bits per heavy atom. The van der Waals surface area contributed by atoms with Gasteiger partial charge in [-0.3, -0.25) is 24.0 Å². The van der Waals surface area contributed by atoms with Gasteiger partial charge in [0.15, 0.2) is 5.65 Å². The van der Waals surface area contributed by atoms with Crippen molar-refractivity contribution in [1.29, 1.82) is 5.41 Å². The van der Waals surface area contributed by atoms with Gasteiger partial charge >= 0.3 is 0 Å². The van der Waals surface area contributed by atoms with Crippen LogP contribution in [-0.2, 0) is 0 Å². The van der Waals surface area contributed by atoms with E-state index in [1.54, 1.807) is 16.8 Å². The van der Waals surface area contributed by atoms with Crippen LogP contribution < -0.4 is 16.4 Å². The van der Waals surface area contributed by atoms with Crippen LogP contribution in [-0.4, -0.2) is 26.9 Å². The van der Waals surface area contributed by atoms with Crippen LogP contribution in [0.15, 0.2) is 53.5 Å². The molecular formula is C21H19N5O2. The summed E-state index contributed by atoms with van der Waals surface area (Å²) in [4.78, 5) is 30.2. The van der Waals surface area contributed by atoms with Crippen LogP contribution in [0.4, 0.5) is 0 Å². The summed E-state index contributed by atoms with van der Waals surface area (Å²) >= 11 is 0. The van der Waals surface area contributed by atoms with Crippen LogP contribution in [0.2, 0.25) is 0 Å². The molecule has 0 spiro atoms. The molecule has 4 rings (SSSR count). The first-order chi connectivity index (χ1) is 13.4. The van der Waals surface area contributed by atoms with Crippen LogP contribution in [0.1, 0.15) is 21.5 Å². The molecule has 0 unspecified atom stereocenters. The van der Waals surface area contributed by atoms with Gasteiger partial charge in [0.05, 0.1) is 10.9 Å². The fourth-order valence-corrected chi connectivity index (χ4v) is 3.29. The molecule has 3 heterocycles. The van der Waals surface area contributed by atoms with Crippen LogP contribution in [0.5, 0.6) is 0 Å². The molecule has 0 saturated heterocycles. The molecule has 4 aromatic rings. The maximum Gasteiger partial charge on any atom is 0.267 e. The molecule has 0 fully saturated rings. The zero-order chi connectivity index (χ0) is 20.0. The molecule has 140 valence electrons. The van der Waals surface area contributed by atoms with Gasteiger partial charge in [-0.15, -0.1) is 0 Å². The molecule has 0 bridgehead atoms. The first-order valence-corrected chi connectivity index (χ1v) is 8.84. The van der Waals surface area contributed by atoms with Crippen molar-refractivity contribution in [1.82, 2.24) is 19.3 Å².